The van der Waals surface area contributed by atoms with E-state index in [1.54, 1.807) is 0 Å². The number of hydrogen-bond acceptors (Lipinski definition) is 1. The lowest BCUT2D eigenvalue weighted by Gasteiger charge is -2.31. The van der Waals surface area contributed by atoms with Crippen molar-refractivity contribution in [3.05, 3.63) is 284 Å². The predicted octanol–water partition coefficient (Wildman–Crippen LogP) is 18.6. The van der Waals surface area contributed by atoms with Gasteiger partial charge in [-0.1, -0.05) is 231 Å². The number of fused-ring (bicyclic) bond motifs is 7. The molecular weight excluding hydrogens is 831 g/mol. The normalized spacial score (nSPS) is 13.9. The first-order valence-corrected chi connectivity index (χ1v) is 24.0. The molecule has 0 radical (unpaired) electrons. The van der Waals surface area contributed by atoms with Crippen molar-refractivity contribution in [2.75, 3.05) is 4.90 Å². The molecule has 324 valence electrons. The molecule has 13 rings (SSSR count). The summed E-state index contributed by atoms with van der Waals surface area (Å²) in [6.07, 6.45) is 0. The van der Waals surface area contributed by atoms with Crippen LogP contribution in [0.3, 0.4) is 0 Å². The Bertz CT molecular complexity index is 3890. The molecule has 1 atom stereocenters. The van der Waals surface area contributed by atoms with Crippen molar-refractivity contribution >= 4 is 49.4 Å². The first-order chi connectivity index (χ1) is 34.1. The molecule has 12 aromatic rings. The number of benzene rings is 12. The largest absolute Gasteiger partial charge is 0.310 e. The zero-order chi connectivity index (χ0) is 45.9. The highest BCUT2D eigenvalue weighted by molar-refractivity contribution is 6.22. The van der Waals surface area contributed by atoms with Crippen LogP contribution in [-0.4, -0.2) is 0 Å². The van der Waals surface area contributed by atoms with Crippen LogP contribution < -0.4 is 4.90 Å². The second-order valence-corrected chi connectivity index (χ2v) is 18.5. The zero-order valence-electron chi connectivity index (χ0n) is 38.4. The molecule has 1 aliphatic carbocycles. The fraction of sp³-hybridized carbons (Fsp3) is 0.0294. The average Bonchev–Trinajstić information content (AvgIpc) is 3.69. The Kier molecular flexibility index (Phi) is 9.70. The molecule has 1 unspecified atom stereocenters. The Hall–Kier alpha value is -8.78. The van der Waals surface area contributed by atoms with Crippen molar-refractivity contribution < 1.29 is 0 Å². The van der Waals surface area contributed by atoms with Crippen molar-refractivity contribution in [1.29, 1.82) is 0 Å². The Morgan fingerprint density at radius 3 is 1.51 bits per heavy atom. The molecule has 0 saturated carbocycles. The van der Waals surface area contributed by atoms with Gasteiger partial charge in [0.05, 0.1) is 5.69 Å². The molecule has 69 heavy (non-hydrogen) atoms. The SMILES string of the molecule is CC1(c2ccccc2)c2ccccc2-c2ccc(N(c3cccc(-c4ccc5c(c4)c(-c4ccccc4)c(-c4ccccc4)c4ccccc45)c3)c3ccc(-c4ccccc4)c4ccccc34)cc21. The maximum absolute atomic E-state index is 2.49. The summed E-state index contributed by atoms with van der Waals surface area (Å²) >= 11 is 0. The number of nitrogens with zero attached hydrogens (tertiary/aromatic N) is 1. The average molecular weight is 878 g/mol. The van der Waals surface area contributed by atoms with Gasteiger partial charge < -0.3 is 4.90 Å². The summed E-state index contributed by atoms with van der Waals surface area (Å²) in [5.74, 6) is 0. The molecule has 0 heterocycles. The van der Waals surface area contributed by atoms with Crippen LogP contribution in [0.1, 0.15) is 23.6 Å². The standard InChI is InChI=1S/C68H47N/c1-68(51-28-12-5-13-29-51)63-36-19-18-33-58(63)59-40-38-53(45-64(59)68)69(65-42-41-54(46-21-6-2-7-22-46)55-31-14-16-34-60(55)65)52-30-20-27-49(43-52)50-37-39-57-56-32-15-17-35-61(56)66(47-23-8-3-9-24-47)67(62(57)44-50)48-25-10-4-11-26-48/h2-45H,1H3. The molecule has 0 fully saturated rings. The van der Waals surface area contributed by atoms with E-state index < -0.39 is 0 Å². The van der Waals surface area contributed by atoms with Crippen molar-refractivity contribution in [2.45, 2.75) is 12.3 Å². The van der Waals surface area contributed by atoms with Gasteiger partial charge in [0.15, 0.2) is 0 Å². The van der Waals surface area contributed by atoms with Gasteiger partial charge in [-0.3, -0.25) is 0 Å². The van der Waals surface area contributed by atoms with Crippen LogP contribution in [0.5, 0.6) is 0 Å². The van der Waals surface area contributed by atoms with E-state index in [1.807, 2.05) is 0 Å². The summed E-state index contributed by atoms with van der Waals surface area (Å²) < 4.78 is 0. The van der Waals surface area contributed by atoms with Crippen molar-refractivity contribution in [2.24, 2.45) is 0 Å². The van der Waals surface area contributed by atoms with Crippen LogP contribution in [0.15, 0.2) is 267 Å². The zero-order valence-corrected chi connectivity index (χ0v) is 38.4. The van der Waals surface area contributed by atoms with Gasteiger partial charge in [-0.05, 0) is 143 Å². The van der Waals surface area contributed by atoms with Gasteiger partial charge in [0.2, 0.25) is 0 Å². The highest BCUT2D eigenvalue weighted by Crippen LogP contribution is 2.55. The second kappa shape index (κ2) is 16.5. The van der Waals surface area contributed by atoms with E-state index in [4.69, 9.17) is 0 Å². The van der Waals surface area contributed by atoms with Crippen molar-refractivity contribution in [3.8, 4) is 55.6 Å². The summed E-state index contributed by atoms with van der Waals surface area (Å²) in [6, 6.07) is 98.4. The quantitative estimate of drug-likeness (QED) is 0.138. The van der Waals surface area contributed by atoms with Crippen LogP contribution >= 0.6 is 0 Å². The summed E-state index contributed by atoms with van der Waals surface area (Å²) in [5, 5.41) is 7.40. The van der Waals surface area contributed by atoms with Crippen LogP contribution in [0.25, 0.3) is 88.0 Å². The third-order valence-corrected chi connectivity index (χ3v) is 14.7. The topological polar surface area (TPSA) is 3.24 Å². The second-order valence-electron chi connectivity index (χ2n) is 18.5. The van der Waals surface area contributed by atoms with Crippen LogP contribution in [0.2, 0.25) is 0 Å². The Labute approximate surface area is 403 Å². The summed E-state index contributed by atoms with van der Waals surface area (Å²) in [6.45, 7) is 2.40. The smallest absolute Gasteiger partial charge is 0.0540 e. The molecule has 0 saturated heterocycles. The maximum Gasteiger partial charge on any atom is 0.0540 e. The van der Waals surface area contributed by atoms with Gasteiger partial charge >= 0.3 is 0 Å². The molecular formula is C68H47N. The van der Waals surface area contributed by atoms with Gasteiger partial charge in [-0.25, -0.2) is 0 Å². The predicted molar refractivity (Wildman–Crippen MR) is 293 cm³/mol. The highest BCUT2D eigenvalue weighted by atomic mass is 15.1. The third-order valence-electron chi connectivity index (χ3n) is 14.7. The minimum Gasteiger partial charge on any atom is -0.310 e. The van der Waals surface area contributed by atoms with Gasteiger partial charge in [-0.2, -0.15) is 0 Å². The number of rotatable bonds is 8. The first-order valence-electron chi connectivity index (χ1n) is 24.0. The molecule has 1 aliphatic rings. The molecule has 0 amide bonds. The molecule has 1 nitrogen and oxygen atoms in total. The van der Waals surface area contributed by atoms with Gasteiger partial charge in [0.25, 0.3) is 0 Å². The van der Waals surface area contributed by atoms with E-state index in [0.717, 1.165) is 22.6 Å². The molecule has 0 N–H and O–H groups in total. The minimum atomic E-state index is -0.347. The van der Waals surface area contributed by atoms with E-state index >= 15 is 0 Å². The number of hydrogen-bond donors (Lipinski definition) is 0. The summed E-state index contributed by atoms with van der Waals surface area (Å²) in [5.41, 5.74) is 19.2. The fourth-order valence-corrected chi connectivity index (χ4v) is 11.5. The van der Waals surface area contributed by atoms with Crippen LogP contribution in [0.4, 0.5) is 17.1 Å². The number of anilines is 3. The lowest BCUT2D eigenvalue weighted by Crippen LogP contribution is -2.22. The maximum atomic E-state index is 2.49. The molecule has 12 aromatic carbocycles. The van der Waals surface area contributed by atoms with E-state index in [0.29, 0.717) is 0 Å². The Morgan fingerprint density at radius 1 is 0.275 bits per heavy atom. The van der Waals surface area contributed by atoms with E-state index in [2.05, 4.69) is 279 Å². The van der Waals surface area contributed by atoms with Crippen LogP contribution in [0, 0.1) is 0 Å². The van der Waals surface area contributed by atoms with Gasteiger partial charge in [-0.15, -0.1) is 0 Å². The monoisotopic (exact) mass is 877 g/mol. The van der Waals surface area contributed by atoms with Crippen molar-refractivity contribution in [3.63, 3.8) is 0 Å². The lowest BCUT2D eigenvalue weighted by molar-refractivity contribution is 0.714. The minimum absolute atomic E-state index is 0.347. The van der Waals surface area contributed by atoms with E-state index in [9.17, 15) is 0 Å². The van der Waals surface area contributed by atoms with Gasteiger partial charge in [0, 0.05) is 22.2 Å². The molecule has 1 heteroatoms. The summed E-state index contributed by atoms with van der Waals surface area (Å²) in [4.78, 5) is 2.49. The highest BCUT2D eigenvalue weighted by Gasteiger charge is 2.41. The molecule has 0 bridgehead atoms. The van der Waals surface area contributed by atoms with Crippen LogP contribution in [-0.2, 0) is 5.41 Å². The van der Waals surface area contributed by atoms with E-state index in [-0.39, 0.29) is 5.41 Å². The first kappa shape index (κ1) is 40.5. The fourth-order valence-electron chi connectivity index (χ4n) is 11.5. The lowest BCUT2D eigenvalue weighted by atomic mass is 9.74. The van der Waals surface area contributed by atoms with Gasteiger partial charge in [0.1, 0.15) is 0 Å². The Balaban J connectivity index is 1.04. The van der Waals surface area contributed by atoms with E-state index in [1.165, 1.54) is 99.1 Å². The summed E-state index contributed by atoms with van der Waals surface area (Å²) in [7, 11) is 0. The Morgan fingerprint density at radius 2 is 0.783 bits per heavy atom. The molecule has 0 spiro atoms. The third kappa shape index (κ3) is 6.61. The van der Waals surface area contributed by atoms with Crippen molar-refractivity contribution in [1.82, 2.24) is 0 Å². The molecule has 0 aliphatic heterocycles. The molecule has 0 aromatic heterocycles.